The molecule has 0 radical (unpaired) electrons. The minimum atomic E-state index is 0.147. The minimum Gasteiger partial charge on any atom is -0.356 e. The van der Waals surface area contributed by atoms with Gasteiger partial charge in [0.1, 0.15) is 5.78 Å². The van der Waals surface area contributed by atoms with Crippen molar-refractivity contribution in [3.05, 3.63) is 0 Å². The average Bonchev–Trinajstić information content (AvgIpc) is 2.64. The first-order chi connectivity index (χ1) is 12.7. The van der Waals surface area contributed by atoms with Crippen LogP contribution in [0.4, 0.5) is 0 Å². The van der Waals surface area contributed by atoms with Gasteiger partial charge in [0.2, 0.25) is 5.91 Å². The summed E-state index contributed by atoms with van der Waals surface area (Å²) in [6.07, 6.45) is 12.2. The molecule has 0 rings (SSSR count). The van der Waals surface area contributed by atoms with Crippen molar-refractivity contribution in [2.75, 3.05) is 32.7 Å². The van der Waals surface area contributed by atoms with Crippen molar-refractivity contribution in [2.45, 2.75) is 90.9 Å². The zero-order valence-corrected chi connectivity index (χ0v) is 17.3. The van der Waals surface area contributed by atoms with E-state index < -0.39 is 0 Å². The molecular weight excluding hydrogens is 326 g/mol. The molecular formula is C21H43N3O2. The summed E-state index contributed by atoms with van der Waals surface area (Å²) in [6.45, 7) is 8.88. The third-order valence-electron chi connectivity index (χ3n) is 4.43. The number of Topliss-reactive ketones (excluding diaryl/α,β-unsaturated/α-hetero) is 1. The molecule has 0 aromatic heterocycles. The lowest BCUT2D eigenvalue weighted by atomic mass is 10.1. The molecule has 154 valence electrons. The molecule has 0 aliphatic heterocycles. The van der Waals surface area contributed by atoms with Crippen LogP contribution in [-0.2, 0) is 9.59 Å². The maximum atomic E-state index is 11.5. The molecule has 5 heteroatoms. The number of unbranched alkanes of at least 4 members (excludes halogenated alkanes) is 5. The Balaban J connectivity index is 3.13. The average molecular weight is 370 g/mol. The lowest BCUT2D eigenvalue weighted by Gasteiger charge is -2.07. The van der Waals surface area contributed by atoms with Crippen LogP contribution in [0.25, 0.3) is 0 Å². The van der Waals surface area contributed by atoms with Gasteiger partial charge in [-0.3, -0.25) is 9.59 Å². The Morgan fingerprint density at radius 2 is 1.15 bits per heavy atom. The SMILES string of the molecule is CCCCC(=O)CCCCCNCCCCCNCCC(=O)NCCC. The Morgan fingerprint density at radius 3 is 1.77 bits per heavy atom. The first-order valence-electron chi connectivity index (χ1n) is 10.9. The molecule has 0 fully saturated rings. The second-order valence-corrected chi connectivity index (χ2v) is 7.11. The molecule has 0 bridgehead atoms. The van der Waals surface area contributed by atoms with Crippen LogP contribution in [0, 0.1) is 0 Å². The van der Waals surface area contributed by atoms with Crippen LogP contribution >= 0.6 is 0 Å². The highest BCUT2D eigenvalue weighted by Crippen LogP contribution is 2.05. The summed E-state index contributed by atoms with van der Waals surface area (Å²) >= 11 is 0. The summed E-state index contributed by atoms with van der Waals surface area (Å²) in [7, 11) is 0. The highest BCUT2D eigenvalue weighted by Gasteiger charge is 2.01. The van der Waals surface area contributed by atoms with E-state index in [-0.39, 0.29) is 5.91 Å². The normalized spacial score (nSPS) is 10.8. The Morgan fingerprint density at radius 1 is 0.577 bits per heavy atom. The topological polar surface area (TPSA) is 70.2 Å². The molecule has 0 aliphatic carbocycles. The van der Waals surface area contributed by atoms with Crippen molar-refractivity contribution in [3.8, 4) is 0 Å². The smallest absolute Gasteiger partial charge is 0.221 e. The first-order valence-corrected chi connectivity index (χ1v) is 10.9. The van der Waals surface area contributed by atoms with Gasteiger partial charge in [-0.25, -0.2) is 0 Å². The summed E-state index contributed by atoms with van der Waals surface area (Å²) in [6, 6.07) is 0. The van der Waals surface area contributed by atoms with Gasteiger partial charge < -0.3 is 16.0 Å². The lowest BCUT2D eigenvalue weighted by Crippen LogP contribution is -2.28. The molecule has 5 nitrogen and oxygen atoms in total. The predicted octanol–water partition coefficient (Wildman–Crippen LogP) is 3.57. The predicted molar refractivity (Wildman–Crippen MR) is 111 cm³/mol. The lowest BCUT2D eigenvalue weighted by molar-refractivity contribution is -0.121. The van der Waals surface area contributed by atoms with Gasteiger partial charge in [-0.15, -0.1) is 0 Å². The van der Waals surface area contributed by atoms with Crippen molar-refractivity contribution in [1.82, 2.24) is 16.0 Å². The molecule has 0 saturated heterocycles. The summed E-state index contributed by atoms with van der Waals surface area (Å²) in [4.78, 5) is 22.9. The van der Waals surface area contributed by atoms with Crippen molar-refractivity contribution >= 4 is 11.7 Å². The number of nitrogens with one attached hydrogen (secondary N) is 3. The van der Waals surface area contributed by atoms with E-state index in [4.69, 9.17) is 0 Å². The number of carbonyl (C=O) groups is 2. The second kappa shape index (κ2) is 20.4. The van der Waals surface area contributed by atoms with E-state index in [0.29, 0.717) is 12.2 Å². The molecule has 0 spiro atoms. The maximum absolute atomic E-state index is 11.5. The van der Waals surface area contributed by atoms with E-state index in [0.717, 1.165) is 84.1 Å². The number of hydrogen-bond donors (Lipinski definition) is 3. The van der Waals surface area contributed by atoms with Crippen LogP contribution in [0.5, 0.6) is 0 Å². The Labute approximate surface area is 161 Å². The van der Waals surface area contributed by atoms with E-state index in [1.165, 1.54) is 19.3 Å². The van der Waals surface area contributed by atoms with E-state index in [9.17, 15) is 9.59 Å². The quantitative estimate of drug-likeness (QED) is 0.287. The molecule has 1 amide bonds. The molecule has 0 aromatic rings. The molecule has 0 unspecified atom stereocenters. The summed E-state index contributed by atoms with van der Waals surface area (Å²) in [5.74, 6) is 0.587. The molecule has 26 heavy (non-hydrogen) atoms. The fraction of sp³-hybridized carbons (Fsp3) is 0.905. The summed E-state index contributed by atoms with van der Waals surface area (Å²) in [5.41, 5.74) is 0. The van der Waals surface area contributed by atoms with Crippen molar-refractivity contribution < 1.29 is 9.59 Å². The van der Waals surface area contributed by atoms with Crippen LogP contribution in [0.2, 0.25) is 0 Å². The van der Waals surface area contributed by atoms with Crippen LogP contribution < -0.4 is 16.0 Å². The third-order valence-corrected chi connectivity index (χ3v) is 4.43. The number of rotatable bonds is 20. The van der Waals surface area contributed by atoms with Crippen LogP contribution in [-0.4, -0.2) is 44.4 Å². The van der Waals surface area contributed by atoms with E-state index in [1.54, 1.807) is 0 Å². The largest absolute Gasteiger partial charge is 0.356 e. The van der Waals surface area contributed by atoms with Crippen LogP contribution in [0.1, 0.15) is 90.9 Å². The van der Waals surface area contributed by atoms with E-state index in [1.807, 2.05) is 0 Å². The van der Waals surface area contributed by atoms with E-state index >= 15 is 0 Å². The Bertz CT molecular complexity index is 303. The van der Waals surface area contributed by atoms with Crippen molar-refractivity contribution in [3.63, 3.8) is 0 Å². The fourth-order valence-corrected chi connectivity index (χ4v) is 2.73. The highest BCUT2D eigenvalue weighted by molar-refractivity contribution is 5.78. The van der Waals surface area contributed by atoms with Crippen molar-refractivity contribution in [1.29, 1.82) is 0 Å². The molecule has 0 aromatic carbocycles. The molecule has 0 saturated carbocycles. The Kier molecular flexibility index (Phi) is 19.6. The summed E-state index contributed by atoms with van der Waals surface area (Å²) < 4.78 is 0. The third kappa shape index (κ3) is 19.4. The van der Waals surface area contributed by atoms with E-state index in [2.05, 4.69) is 29.8 Å². The van der Waals surface area contributed by atoms with Crippen molar-refractivity contribution in [2.24, 2.45) is 0 Å². The van der Waals surface area contributed by atoms with Gasteiger partial charge in [-0.1, -0.05) is 33.1 Å². The zero-order chi connectivity index (χ0) is 19.3. The number of carbonyl (C=O) groups excluding carboxylic acids is 2. The number of ketones is 1. The van der Waals surface area contributed by atoms with Crippen LogP contribution in [0.3, 0.4) is 0 Å². The van der Waals surface area contributed by atoms with Gasteiger partial charge in [0.25, 0.3) is 0 Å². The van der Waals surface area contributed by atoms with Gasteiger partial charge in [-0.05, 0) is 58.2 Å². The van der Waals surface area contributed by atoms with Gasteiger partial charge in [0.05, 0.1) is 0 Å². The molecule has 3 N–H and O–H groups in total. The zero-order valence-electron chi connectivity index (χ0n) is 17.3. The standard InChI is InChI=1S/C21H43N3O2/c1-3-5-12-20(25)13-8-6-9-16-22-17-10-7-11-18-23-19-14-21(26)24-15-4-2/h22-23H,3-19H2,1-2H3,(H,24,26). The fourth-order valence-electron chi connectivity index (χ4n) is 2.73. The maximum Gasteiger partial charge on any atom is 0.221 e. The molecule has 0 aliphatic rings. The second-order valence-electron chi connectivity index (χ2n) is 7.11. The number of amides is 1. The molecule has 0 atom stereocenters. The van der Waals surface area contributed by atoms with Crippen LogP contribution in [0.15, 0.2) is 0 Å². The molecule has 0 heterocycles. The number of hydrogen-bond acceptors (Lipinski definition) is 4. The highest BCUT2D eigenvalue weighted by atomic mass is 16.1. The minimum absolute atomic E-state index is 0.147. The van der Waals surface area contributed by atoms with Gasteiger partial charge >= 0.3 is 0 Å². The Hall–Kier alpha value is -0.940. The van der Waals surface area contributed by atoms with Gasteiger partial charge in [0, 0.05) is 32.4 Å². The van der Waals surface area contributed by atoms with Gasteiger partial charge in [0.15, 0.2) is 0 Å². The summed E-state index contributed by atoms with van der Waals surface area (Å²) in [5, 5.41) is 9.70. The first kappa shape index (κ1) is 25.1. The monoisotopic (exact) mass is 369 g/mol. The van der Waals surface area contributed by atoms with Gasteiger partial charge in [-0.2, -0.15) is 0 Å².